The Morgan fingerprint density at radius 3 is 2.61 bits per heavy atom. The maximum absolute atomic E-state index is 13.5. The van der Waals surface area contributed by atoms with Crippen molar-refractivity contribution in [2.45, 2.75) is 11.6 Å². The maximum atomic E-state index is 13.5. The lowest BCUT2D eigenvalue weighted by atomic mass is 10.1. The fourth-order valence-electron chi connectivity index (χ4n) is 3.40. The van der Waals surface area contributed by atoms with E-state index in [1.54, 1.807) is 41.1 Å². The van der Waals surface area contributed by atoms with Crippen molar-refractivity contribution in [3.63, 3.8) is 0 Å². The predicted molar refractivity (Wildman–Crippen MR) is 140 cm³/mol. The van der Waals surface area contributed by atoms with E-state index < -0.39 is 0 Å². The van der Waals surface area contributed by atoms with Gasteiger partial charge in [-0.3, -0.25) is 9.36 Å². The molecule has 5 aromatic rings. The molecule has 0 fully saturated rings. The molecular weight excluding hydrogens is 544 g/mol. The number of hydrogen-bond donors (Lipinski definition) is 1. The molecule has 0 saturated carbocycles. The number of nitrogens with one attached hydrogen (secondary N) is 1. The van der Waals surface area contributed by atoms with Crippen molar-refractivity contribution in [1.29, 1.82) is 0 Å². The number of halogens is 3. The topological polar surface area (TPSA) is 85.8 Å². The van der Waals surface area contributed by atoms with E-state index in [2.05, 4.69) is 20.5 Å². The van der Waals surface area contributed by atoms with Gasteiger partial charge in [-0.05, 0) is 60.2 Å². The number of furan rings is 1. The quantitative estimate of drug-likeness (QED) is 0.211. The molecule has 0 radical (unpaired) electrons. The second-order valence-corrected chi connectivity index (χ2v) is 10.4. The van der Waals surface area contributed by atoms with Gasteiger partial charge in [-0.2, -0.15) is 0 Å². The number of anilines is 1. The smallest absolute Gasteiger partial charge is 0.236 e. The fraction of sp³-hybridized carbons (Fsp3) is 0.0833. The number of aromatic nitrogens is 4. The molecule has 5 rings (SSSR count). The third-order valence-electron chi connectivity index (χ3n) is 4.89. The lowest BCUT2D eigenvalue weighted by Crippen LogP contribution is -2.14. The number of amides is 1. The van der Waals surface area contributed by atoms with Crippen LogP contribution in [-0.2, 0) is 11.2 Å². The molecule has 0 spiro atoms. The monoisotopic (exact) mass is 559 g/mol. The van der Waals surface area contributed by atoms with Crippen molar-refractivity contribution < 1.29 is 13.6 Å². The Balaban J connectivity index is 1.27. The summed E-state index contributed by atoms with van der Waals surface area (Å²) < 4.78 is 20.7. The van der Waals surface area contributed by atoms with E-state index in [1.165, 1.54) is 41.5 Å². The van der Waals surface area contributed by atoms with E-state index in [4.69, 9.17) is 27.6 Å². The first-order chi connectivity index (χ1) is 17.4. The molecule has 0 aliphatic heterocycles. The molecule has 0 atom stereocenters. The van der Waals surface area contributed by atoms with Crippen LogP contribution in [0.2, 0.25) is 10.0 Å². The Labute approximate surface area is 223 Å². The van der Waals surface area contributed by atoms with Gasteiger partial charge in [0, 0.05) is 27.5 Å². The molecule has 182 valence electrons. The summed E-state index contributed by atoms with van der Waals surface area (Å²) in [6.45, 7) is 0. The summed E-state index contributed by atoms with van der Waals surface area (Å²) in [5, 5.41) is 13.3. The highest BCUT2D eigenvalue weighted by atomic mass is 35.5. The first-order valence-corrected chi connectivity index (χ1v) is 13.1. The van der Waals surface area contributed by atoms with Crippen LogP contribution >= 0.6 is 46.3 Å². The summed E-state index contributed by atoms with van der Waals surface area (Å²) >= 11 is 14.7. The number of carbonyl (C=O) groups is 1. The third kappa shape index (κ3) is 5.79. The van der Waals surface area contributed by atoms with Crippen LogP contribution in [0.4, 0.5) is 9.52 Å². The van der Waals surface area contributed by atoms with Crippen molar-refractivity contribution in [3.8, 4) is 17.3 Å². The van der Waals surface area contributed by atoms with E-state index >= 15 is 0 Å². The van der Waals surface area contributed by atoms with Gasteiger partial charge in [0.2, 0.25) is 11.7 Å². The Morgan fingerprint density at radius 1 is 1.11 bits per heavy atom. The Hall–Kier alpha value is -3.18. The molecule has 36 heavy (non-hydrogen) atoms. The number of rotatable bonds is 8. The highest BCUT2D eigenvalue weighted by molar-refractivity contribution is 7.99. The molecule has 2 aromatic carbocycles. The molecular formula is C24H16Cl2FN5O2S2. The molecule has 3 aromatic heterocycles. The van der Waals surface area contributed by atoms with Crippen LogP contribution in [0, 0.1) is 5.82 Å². The summed E-state index contributed by atoms with van der Waals surface area (Å²) in [6, 6.07) is 14.8. The Morgan fingerprint density at radius 2 is 1.89 bits per heavy atom. The number of thiazole rings is 1. The lowest BCUT2D eigenvalue weighted by Gasteiger charge is -2.09. The largest absolute Gasteiger partial charge is 0.461 e. The van der Waals surface area contributed by atoms with Gasteiger partial charge in [-0.15, -0.1) is 21.5 Å². The number of hydrogen-bond acceptors (Lipinski definition) is 7. The van der Waals surface area contributed by atoms with Crippen LogP contribution in [0.15, 0.2) is 76.6 Å². The van der Waals surface area contributed by atoms with Crippen molar-refractivity contribution in [3.05, 3.63) is 93.4 Å². The Bertz CT molecular complexity index is 1480. The molecule has 0 aliphatic carbocycles. The van der Waals surface area contributed by atoms with Crippen molar-refractivity contribution >= 4 is 57.3 Å². The molecule has 0 unspecified atom stereocenters. The molecule has 12 heteroatoms. The first-order valence-electron chi connectivity index (χ1n) is 10.5. The minimum atomic E-state index is -0.360. The van der Waals surface area contributed by atoms with Gasteiger partial charge < -0.3 is 9.73 Å². The van der Waals surface area contributed by atoms with Gasteiger partial charge in [-0.25, -0.2) is 9.37 Å². The molecule has 3 heterocycles. The zero-order chi connectivity index (χ0) is 25.1. The zero-order valence-corrected chi connectivity index (χ0v) is 21.5. The highest BCUT2D eigenvalue weighted by Gasteiger charge is 2.19. The molecule has 0 bridgehead atoms. The van der Waals surface area contributed by atoms with Crippen molar-refractivity contribution in [2.24, 2.45) is 0 Å². The average Bonchev–Trinajstić information content (AvgIpc) is 3.59. The minimum Gasteiger partial charge on any atom is -0.461 e. The van der Waals surface area contributed by atoms with Crippen LogP contribution in [0.1, 0.15) is 10.4 Å². The normalized spacial score (nSPS) is 11.1. The standard InChI is InChI=1S/C24H16Cl2FN5O2S2/c25-15-8-14(9-16(26)11-15)10-19-12-28-23(36-19)29-21(33)13-35-24-31-30-22(20-2-1-7-34-20)32(24)18-5-3-17(27)4-6-18/h1-9,11-12H,10,13H2,(H,28,29,33). The minimum absolute atomic E-state index is 0.0658. The van der Waals surface area contributed by atoms with Crippen molar-refractivity contribution in [2.75, 3.05) is 11.1 Å². The predicted octanol–water partition coefficient (Wildman–Crippen LogP) is 6.75. The first kappa shape index (κ1) is 24.5. The van der Waals surface area contributed by atoms with Crippen LogP contribution < -0.4 is 5.32 Å². The third-order valence-corrected chi connectivity index (χ3v) is 7.17. The molecule has 1 amide bonds. The van der Waals surface area contributed by atoms with Crippen LogP contribution in [0.5, 0.6) is 0 Å². The van der Waals surface area contributed by atoms with E-state index in [9.17, 15) is 9.18 Å². The van der Waals surface area contributed by atoms with E-state index in [0.717, 1.165) is 10.4 Å². The molecule has 1 N–H and O–H groups in total. The van der Waals surface area contributed by atoms with Gasteiger partial charge in [-0.1, -0.05) is 35.0 Å². The fourth-order valence-corrected chi connectivity index (χ4v) is 5.58. The molecule has 7 nitrogen and oxygen atoms in total. The van der Waals surface area contributed by atoms with Gasteiger partial charge in [0.1, 0.15) is 5.82 Å². The second kappa shape index (κ2) is 10.8. The summed E-state index contributed by atoms with van der Waals surface area (Å²) in [5.74, 6) is 0.400. The summed E-state index contributed by atoms with van der Waals surface area (Å²) in [4.78, 5) is 17.9. The van der Waals surface area contributed by atoms with Gasteiger partial charge in [0.25, 0.3) is 0 Å². The molecule has 0 aliphatic rings. The lowest BCUT2D eigenvalue weighted by molar-refractivity contribution is -0.113. The van der Waals surface area contributed by atoms with Crippen molar-refractivity contribution in [1.82, 2.24) is 19.7 Å². The average molecular weight is 560 g/mol. The number of benzene rings is 2. The van der Waals surface area contributed by atoms with E-state index in [1.807, 2.05) is 12.1 Å². The highest BCUT2D eigenvalue weighted by Crippen LogP contribution is 2.29. The summed E-state index contributed by atoms with van der Waals surface area (Å²) in [5.41, 5.74) is 1.60. The molecule has 0 saturated heterocycles. The number of thioether (sulfide) groups is 1. The van der Waals surface area contributed by atoms with Crippen LogP contribution in [0.25, 0.3) is 17.3 Å². The maximum Gasteiger partial charge on any atom is 0.236 e. The SMILES string of the molecule is O=C(CSc1nnc(-c2ccco2)n1-c1ccc(F)cc1)Nc1ncc(Cc2cc(Cl)cc(Cl)c2)s1. The zero-order valence-electron chi connectivity index (χ0n) is 18.3. The van der Waals surface area contributed by atoms with Crippen LogP contribution in [0.3, 0.4) is 0 Å². The summed E-state index contributed by atoms with van der Waals surface area (Å²) in [6.07, 6.45) is 3.84. The number of carbonyl (C=O) groups excluding carboxylic acids is 1. The van der Waals surface area contributed by atoms with E-state index in [0.29, 0.717) is 44.0 Å². The van der Waals surface area contributed by atoms with Gasteiger partial charge in [0.15, 0.2) is 16.0 Å². The van der Waals surface area contributed by atoms with Crippen LogP contribution in [-0.4, -0.2) is 31.4 Å². The van der Waals surface area contributed by atoms with Gasteiger partial charge >= 0.3 is 0 Å². The number of nitrogens with zero attached hydrogens (tertiary/aromatic N) is 4. The second-order valence-electron chi connectivity index (χ2n) is 7.52. The Kier molecular flexibility index (Phi) is 7.38. The van der Waals surface area contributed by atoms with E-state index in [-0.39, 0.29) is 17.5 Å². The summed E-state index contributed by atoms with van der Waals surface area (Å²) in [7, 11) is 0. The van der Waals surface area contributed by atoms with Gasteiger partial charge in [0.05, 0.1) is 17.7 Å².